The number of rotatable bonds is 7. The maximum atomic E-state index is 5.58. The van der Waals surface area contributed by atoms with Crippen LogP contribution in [0.2, 0.25) is 0 Å². The molecule has 0 radical (unpaired) electrons. The summed E-state index contributed by atoms with van der Waals surface area (Å²) >= 11 is 1.74. The minimum absolute atomic E-state index is 0.257. The van der Waals surface area contributed by atoms with Crippen molar-refractivity contribution in [3.05, 3.63) is 30.4 Å². The molecule has 190 valence electrons. The van der Waals surface area contributed by atoms with Gasteiger partial charge in [-0.25, -0.2) is 14.5 Å². The van der Waals surface area contributed by atoms with Crippen LogP contribution in [0.1, 0.15) is 51.5 Å². The number of anilines is 1. The molecule has 2 fully saturated rings. The molecule has 36 heavy (non-hydrogen) atoms. The van der Waals surface area contributed by atoms with Gasteiger partial charge in [-0.05, 0) is 37.7 Å². The van der Waals surface area contributed by atoms with Crippen molar-refractivity contribution in [3.8, 4) is 27.7 Å². The summed E-state index contributed by atoms with van der Waals surface area (Å²) in [6, 6.07) is 2.47. The zero-order valence-electron chi connectivity index (χ0n) is 21.4. The van der Waals surface area contributed by atoms with Gasteiger partial charge in [-0.15, -0.1) is 0 Å². The van der Waals surface area contributed by atoms with Crippen LogP contribution in [0.3, 0.4) is 0 Å². The van der Waals surface area contributed by atoms with Gasteiger partial charge in [-0.2, -0.15) is 10.2 Å². The standard InChI is InChI=1S/C26H34N8OS/c1-16(2)22-23(19-10-20(35-4)25-28-15-29-34(25)14-19)30-31-24(22)26-27-11-21(36-26)33-9-8-32(12-17(33)3)13-18-6-5-7-18/h10-11,14-18H,5-9,12-13H2,1-4H3,(H,30,31)/t17-/m0/s1. The Hall–Kier alpha value is -2.98. The molecular formula is C26H34N8OS. The van der Waals surface area contributed by atoms with Gasteiger partial charge in [0.15, 0.2) is 11.4 Å². The number of aromatic amines is 1. The topological polar surface area (TPSA) is 87.5 Å². The first kappa shape index (κ1) is 23.4. The number of ether oxygens (including phenoxy) is 1. The molecule has 1 atom stereocenters. The lowest BCUT2D eigenvalue weighted by atomic mass is 9.85. The average Bonchev–Trinajstić information content (AvgIpc) is 3.59. The van der Waals surface area contributed by atoms with Gasteiger partial charge in [-0.3, -0.25) is 10.00 Å². The first-order valence-corrected chi connectivity index (χ1v) is 13.7. The normalized spacial score (nSPS) is 19.4. The molecule has 1 N–H and O–H groups in total. The lowest BCUT2D eigenvalue weighted by molar-refractivity contribution is 0.156. The molecule has 1 aliphatic carbocycles. The summed E-state index contributed by atoms with van der Waals surface area (Å²) in [5.41, 5.74) is 4.69. The zero-order valence-corrected chi connectivity index (χ0v) is 22.3. The Bertz CT molecular complexity index is 1350. The first-order chi connectivity index (χ1) is 17.5. The molecule has 1 saturated heterocycles. The number of piperazine rings is 1. The second-order valence-electron chi connectivity index (χ2n) is 10.4. The number of hydrogen-bond acceptors (Lipinski definition) is 8. The Kier molecular flexibility index (Phi) is 6.17. The van der Waals surface area contributed by atoms with Gasteiger partial charge in [0.2, 0.25) is 0 Å². The van der Waals surface area contributed by atoms with E-state index in [-0.39, 0.29) is 5.92 Å². The quantitative estimate of drug-likeness (QED) is 0.389. The third kappa shape index (κ3) is 4.16. The Morgan fingerprint density at radius 3 is 2.81 bits per heavy atom. The predicted molar refractivity (Wildman–Crippen MR) is 143 cm³/mol. The number of thiazole rings is 1. The van der Waals surface area contributed by atoms with Crippen LogP contribution in [0.25, 0.3) is 27.6 Å². The number of H-pyrrole nitrogens is 1. The number of aromatic nitrogens is 6. The number of fused-ring (bicyclic) bond motifs is 1. The second-order valence-corrected chi connectivity index (χ2v) is 11.5. The van der Waals surface area contributed by atoms with Crippen molar-refractivity contribution < 1.29 is 4.74 Å². The zero-order chi connectivity index (χ0) is 24.8. The molecule has 9 nitrogen and oxygen atoms in total. The van der Waals surface area contributed by atoms with E-state index in [2.05, 4.69) is 45.8 Å². The van der Waals surface area contributed by atoms with Crippen molar-refractivity contribution in [3.63, 3.8) is 0 Å². The van der Waals surface area contributed by atoms with E-state index in [1.165, 1.54) is 37.1 Å². The summed E-state index contributed by atoms with van der Waals surface area (Å²) in [5, 5.41) is 14.5. The van der Waals surface area contributed by atoms with Gasteiger partial charge < -0.3 is 9.64 Å². The van der Waals surface area contributed by atoms with Crippen molar-refractivity contribution in [1.29, 1.82) is 0 Å². The summed E-state index contributed by atoms with van der Waals surface area (Å²) in [7, 11) is 1.65. The van der Waals surface area contributed by atoms with Crippen LogP contribution in [0.4, 0.5) is 5.00 Å². The second kappa shape index (κ2) is 9.48. The van der Waals surface area contributed by atoms with Crippen LogP contribution in [0.5, 0.6) is 5.75 Å². The van der Waals surface area contributed by atoms with Crippen molar-refractivity contribution in [2.45, 2.75) is 52.0 Å². The van der Waals surface area contributed by atoms with Gasteiger partial charge in [-0.1, -0.05) is 31.6 Å². The van der Waals surface area contributed by atoms with Crippen LogP contribution >= 0.6 is 11.3 Å². The van der Waals surface area contributed by atoms with E-state index in [9.17, 15) is 0 Å². The highest BCUT2D eigenvalue weighted by atomic mass is 32.1. The van der Waals surface area contributed by atoms with Gasteiger partial charge in [0.1, 0.15) is 22.0 Å². The molecule has 0 unspecified atom stereocenters. The molecular weight excluding hydrogens is 472 g/mol. The minimum atomic E-state index is 0.257. The highest BCUT2D eigenvalue weighted by molar-refractivity contribution is 7.18. The van der Waals surface area contributed by atoms with Crippen molar-refractivity contribution in [1.82, 2.24) is 34.7 Å². The molecule has 10 heteroatoms. The van der Waals surface area contributed by atoms with Gasteiger partial charge in [0, 0.05) is 49.5 Å². The molecule has 5 heterocycles. The summed E-state index contributed by atoms with van der Waals surface area (Å²) < 4.78 is 7.32. The molecule has 0 aromatic carbocycles. The average molecular weight is 507 g/mol. The molecule has 4 aromatic heterocycles. The highest BCUT2D eigenvalue weighted by Crippen LogP contribution is 2.40. The Balaban J connectivity index is 1.27. The SMILES string of the molecule is COc1cc(-c2[nH]nc(-c3ncc(N4CCN(CC5CCC5)C[C@@H]4C)s3)c2C(C)C)cn2ncnc12. The van der Waals surface area contributed by atoms with Crippen LogP contribution in [-0.4, -0.2) is 74.0 Å². The highest BCUT2D eigenvalue weighted by Gasteiger charge is 2.29. The lowest BCUT2D eigenvalue weighted by Crippen LogP contribution is -2.53. The maximum absolute atomic E-state index is 5.58. The first-order valence-electron chi connectivity index (χ1n) is 12.9. The van der Waals surface area contributed by atoms with E-state index in [1.54, 1.807) is 23.0 Å². The number of hydrogen-bond donors (Lipinski definition) is 1. The molecule has 2 aliphatic rings. The fourth-order valence-corrected chi connectivity index (χ4v) is 6.60. The van der Waals surface area contributed by atoms with Crippen LogP contribution in [-0.2, 0) is 0 Å². The van der Waals surface area contributed by atoms with Crippen molar-refractivity contribution in [2.75, 3.05) is 38.2 Å². The summed E-state index contributed by atoms with van der Waals surface area (Å²) in [6.07, 6.45) is 9.77. The van der Waals surface area contributed by atoms with E-state index in [1.807, 2.05) is 18.5 Å². The van der Waals surface area contributed by atoms with Crippen LogP contribution in [0.15, 0.2) is 24.8 Å². The van der Waals surface area contributed by atoms with E-state index in [0.29, 0.717) is 17.4 Å². The minimum Gasteiger partial charge on any atom is -0.493 e. The third-order valence-electron chi connectivity index (χ3n) is 7.66. The Morgan fingerprint density at radius 2 is 2.08 bits per heavy atom. The van der Waals surface area contributed by atoms with E-state index in [0.717, 1.165) is 53.1 Å². The predicted octanol–water partition coefficient (Wildman–Crippen LogP) is 4.69. The van der Waals surface area contributed by atoms with Crippen molar-refractivity contribution >= 4 is 22.0 Å². The number of methoxy groups -OCH3 is 1. The Morgan fingerprint density at radius 1 is 1.22 bits per heavy atom. The van der Waals surface area contributed by atoms with Gasteiger partial charge in [0.25, 0.3) is 0 Å². The van der Waals surface area contributed by atoms with Crippen molar-refractivity contribution in [2.24, 2.45) is 5.92 Å². The number of nitrogens with one attached hydrogen (secondary N) is 1. The summed E-state index contributed by atoms with van der Waals surface area (Å²) in [5.74, 6) is 1.86. The van der Waals surface area contributed by atoms with Gasteiger partial charge >= 0.3 is 0 Å². The van der Waals surface area contributed by atoms with E-state index in [4.69, 9.17) is 14.8 Å². The van der Waals surface area contributed by atoms with Gasteiger partial charge in [0.05, 0.1) is 19.0 Å². The molecule has 1 saturated carbocycles. The third-order valence-corrected chi connectivity index (χ3v) is 8.70. The monoisotopic (exact) mass is 506 g/mol. The molecule has 0 bridgehead atoms. The summed E-state index contributed by atoms with van der Waals surface area (Å²) in [6.45, 7) is 11.3. The smallest absolute Gasteiger partial charge is 0.197 e. The largest absolute Gasteiger partial charge is 0.493 e. The number of nitrogens with zero attached hydrogens (tertiary/aromatic N) is 7. The molecule has 1 aliphatic heterocycles. The van der Waals surface area contributed by atoms with E-state index < -0.39 is 0 Å². The molecule has 0 amide bonds. The Labute approximate surface area is 215 Å². The van der Waals surface area contributed by atoms with Crippen LogP contribution in [0, 0.1) is 5.92 Å². The van der Waals surface area contributed by atoms with Crippen LogP contribution < -0.4 is 9.64 Å². The molecule has 0 spiro atoms. The fraction of sp³-hybridized carbons (Fsp3) is 0.538. The summed E-state index contributed by atoms with van der Waals surface area (Å²) in [4.78, 5) is 14.3. The fourth-order valence-electron chi connectivity index (χ4n) is 5.55. The number of pyridine rings is 1. The maximum Gasteiger partial charge on any atom is 0.197 e. The molecule has 4 aromatic rings. The lowest BCUT2D eigenvalue weighted by Gasteiger charge is -2.42. The van der Waals surface area contributed by atoms with E-state index >= 15 is 0 Å². The molecule has 6 rings (SSSR count).